The molecule has 0 atom stereocenters. The summed E-state index contributed by atoms with van der Waals surface area (Å²) in [5, 5.41) is 13.2. The van der Waals surface area contributed by atoms with Crippen LogP contribution in [0.15, 0.2) is 29.6 Å². The molecule has 0 N–H and O–H groups in total. The van der Waals surface area contributed by atoms with Crippen LogP contribution in [0.25, 0.3) is 22.6 Å². The highest BCUT2D eigenvalue weighted by Crippen LogP contribution is 2.28. The number of methoxy groups -OCH3 is 1. The number of hydrogen-bond acceptors (Lipinski definition) is 5. The molecular weight excluding hydrogens is 330 g/mol. The van der Waals surface area contributed by atoms with Crippen LogP contribution in [0.4, 0.5) is 0 Å². The summed E-state index contributed by atoms with van der Waals surface area (Å²) >= 11 is 7.69. The van der Waals surface area contributed by atoms with Gasteiger partial charge < -0.3 is 4.74 Å². The van der Waals surface area contributed by atoms with Gasteiger partial charge in [-0.2, -0.15) is 5.26 Å². The van der Waals surface area contributed by atoms with Crippen LogP contribution >= 0.6 is 22.9 Å². The van der Waals surface area contributed by atoms with Crippen LogP contribution in [0.1, 0.15) is 16.3 Å². The minimum absolute atomic E-state index is 0.351. The van der Waals surface area contributed by atoms with Crippen molar-refractivity contribution in [3.05, 3.63) is 51.1 Å². The number of aryl methyl sites for hydroxylation is 1. The molecule has 0 unspecified atom stereocenters. The largest absolute Gasteiger partial charge is 0.497 e. The second kappa shape index (κ2) is 6.37. The van der Waals surface area contributed by atoms with Crippen molar-refractivity contribution in [3.63, 3.8) is 0 Å². The number of allylic oxidation sites excluding steroid dienone is 1. The van der Waals surface area contributed by atoms with Crippen LogP contribution in [0.2, 0.25) is 5.15 Å². The van der Waals surface area contributed by atoms with Gasteiger partial charge in [0.05, 0.1) is 18.2 Å². The maximum Gasteiger partial charge on any atom is 0.137 e. The summed E-state index contributed by atoms with van der Waals surface area (Å²) in [5.74, 6) is 0.743. The number of nitrogens with zero attached hydrogens (tertiary/aromatic N) is 3. The number of rotatable bonds is 3. The molecule has 114 valence electrons. The highest BCUT2D eigenvalue weighted by atomic mass is 35.5. The summed E-state index contributed by atoms with van der Waals surface area (Å²) in [7, 11) is 1.61. The number of aromatic nitrogens is 2. The van der Waals surface area contributed by atoms with Crippen LogP contribution in [0, 0.1) is 18.3 Å². The second-order valence-corrected chi connectivity index (χ2v) is 6.11. The Hall–Kier alpha value is -2.42. The third-order valence-corrected chi connectivity index (χ3v) is 4.57. The van der Waals surface area contributed by atoms with Crippen molar-refractivity contribution in [2.24, 2.45) is 0 Å². The highest BCUT2D eigenvalue weighted by Gasteiger charge is 2.09. The van der Waals surface area contributed by atoms with Gasteiger partial charge in [0.1, 0.15) is 22.0 Å². The molecule has 0 saturated heterocycles. The quantitative estimate of drug-likeness (QED) is 0.510. The zero-order chi connectivity index (χ0) is 16.4. The van der Waals surface area contributed by atoms with Gasteiger partial charge in [-0.15, -0.1) is 11.3 Å². The lowest BCUT2D eigenvalue weighted by atomic mass is 10.1. The molecular formula is C17H12ClN3OS. The Bertz CT molecular complexity index is 956. The number of nitriles is 1. The zero-order valence-corrected chi connectivity index (χ0v) is 14.1. The molecule has 2 heterocycles. The average Bonchev–Trinajstić information content (AvgIpc) is 2.98. The first kappa shape index (κ1) is 15.5. The summed E-state index contributed by atoms with van der Waals surface area (Å²) < 4.78 is 5.23. The van der Waals surface area contributed by atoms with Gasteiger partial charge in [0, 0.05) is 22.0 Å². The number of fused-ring (bicyclic) bond motifs is 1. The Balaban J connectivity index is 2.12. The summed E-state index contributed by atoms with van der Waals surface area (Å²) in [6.07, 6.45) is 1.71. The first-order valence-corrected chi connectivity index (χ1v) is 8.05. The second-order valence-electron chi connectivity index (χ2n) is 4.89. The SMILES string of the molecule is COc1ccc2nc(Cl)c(/C=C(\C#N)c3nc(C)cs3)cc2c1. The molecule has 0 aliphatic carbocycles. The summed E-state index contributed by atoms with van der Waals surface area (Å²) in [5.41, 5.74) is 2.81. The summed E-state index contributed by atoms with van der Waals surface area (Å²) in [6, 6.07) is 9.64. The van der Waals surface area contributed by atoms with Crippen LogP contribution in [-0.4, -0.2) is 17.1 Å². The number of benzene rings is 1. The molecule has 0 amide bonds. The molecule has 6 heteroatoms. The maximum absolute atomic E-state index is 9.40. The van der Waals surface area contributed by atoms with Gasteiger partial charge in [-0.1, -0.05) is 11.6 Å². The molecule has 3 rings (SSSR count). The number of ether oxygens (including phenoxy) is 1. The minimum Gasteiger partial charge on any atom is -0.497 e. The molecule has 0 saturated carbocycles. The molecule has 0 radical (unpaired) electrons. The topological polar surface area (TPSA) is 58.8 Å². The number of hydrogen-bond donors (Lipinski definition) is 0. The molecule has 0 fully saturated rings. The standard InChI is InChI=1S/C17H12ClN3OS/c1-10-9-23-17(20-10)13(8-19)6-12-5-11-7-14(22-2)3-4-15(11)21-16(12)18/h3-7,9H,1-2H3/b13-6+. The zero-order valence-electron chi connectivity index (χ0n) is 12.5. The minimum atomic E-state index is 0.351. The van der Waals surface area contributed by atoms with E-state index in [0.717, 1.165) is 22.3 Å². The third kappa shape index (κ3) is 3.19. The Morgan fingerprint density at radius 2 is 2.17 bits per heavy atom. The fourth-order valence-corrected chi connectivity index (χ4v) is 3.11. The van der Waals surface area contributed by atoms with Crippen molar-refractivity contribution in [1.29, 1.82) is 5.26 Å². The van der Waals surface area contributed by atoms with Crippen molar-refractivity contribution in [3.8, 4) is 11.8 Å². The lowest BCUT2D eigenvalue weighted by molar-refractivity contribution is 0.415. The van der Waals surface area contributed by atoms with Gasteiger partial charge in [-0.05, 0) is 37.3 Å². The molecule has 23 heavy (non-hydrogen) atoms. The third-order valence-electron chi connectivity index (χ3n) is 3.27. The fraction of sp³-hybridized carbons (Fsp3) is 0.118. The molecule has 0 bridgehead atoms. The van der Waals surface area contributed by atoms with E-state index in [1.807, 2.05) is 36.6 Å². The maximum atomic E-state index is 9.40. The molecule has 1 aromatic carbocycles. The highest BCUT2D eigenvalue weighted by molar-refractivity contribution is 7.11. The van der Waals surface area contributed by atoms with Gasteiger partial charge in [-0.25, -0.2) is 9.97 Å². The number of thiazole rings is 1. The first-order chi connectivity index (χ1) is 11.1. The van der Waals surface area contributed by atoms with Gasteiger partial charge in [0.2, 0.25) is 0 Å². The van der Waals surface area contributed by atoms with Crippen LogP contribution in [0.5, 0.6) is 5.75 Å². The van der Waals surface area contributed by atoms with Crippen LogP contribution < -0.4 is 4.74 Å². The summed E-state index contributed by atoms with van der Waals surface area (Å²) in [4.78, 5) is 8.72. The van der Waals surface area contributed by atoms with Crippen molar-refractivity contribution >= 4 is 45.5 Å². The lowest BCUT2D eigenvalue weighted by Crippen LogP contribution is -1.88. The Morgan fingerprint density at radius 1 is 1.35 bits per heavy atom. The van der Waals surface area contributed by atoms with Crippen LogP contribution in [-0.2, 0) is 0 Å². The Labute approximate surface area is 142 Å². The molecule has 0 spiro atoms. The predicted octanol–water partition coefficient (Wildman–Crippen LogP) is 4.73. The van der Waals surface area contributed by atoms with E-state index in [1.165, 1.54) is 11.3 Å². The van der Waals surface area contributed by atoms with Crippen molar-refractivity contribution < 1.29 is 4.74 Å². The summed E-state index contributed by atoms with van der Waals surface area (Å²) in [6.45, 7) is 1.89. The van der Waals surface area contributed by atoms with Gasteiger partial charge in [0.15, 0.2) is 0 Å². The van der Waals surface area contributed by atoms with E-state index in [1.54, 1.807) is 13.2 Å². The number of halogens is 1. The molecule has 3 aromatic rings. The molecule has 4 nitrogen and oxygen atoms in total. The van der Waals surface area contributed by atoms with Crippen molar-refractivity contribution in [1.82, 2.24) is 9.97 Å². The first-order valence-electron chi connectivity index (χ1n) is 6.79. The Kier molecular flexibility index (Phi) is 4.28. The molecule has 0 aliphatic rings. The monoisotopic (exact) mass is 341 g/mol. The Morgan fingerprint density at radius 3 is 2.83 bits per heavy atom. The van der Waals surface area contributed by atoms with E-state index in [4.69, 9.17) is 16.3 Å². The van der Waals surface area contributed by atoms with Crippen molar-refractivity contribution in [2.75, 3.05) is 7.11 Å². The van der Waals surface area contributed by atoms with E-state index in [9.17, 15) is 5.26 Å². The normalized spacial score (nSPS) is 11.5. The van der Waals surface area contributed by atoms with Gasteiger partial charge in [0.25, 0.3) is 0 Å². The average molecular weight is 342 g/mol. The van der Waals surface area contributed by atoms with Crippen LogP contribution in [0.3, 0.4) is 0 Å². The number of pyridine rings is 1. The van der Waals surface area contributed by atoms with Gasteiger partial charge >= 0.3 is 0 Å². The van der Waals surface area contributed by atoms with Gasteiger partial charge in [-0.3, -0.25) is 0 Å². The van der Waals surface area contributed by atoms with E-state index in [2.05, 4.69) is 16.0 Å². The predicted molar refractivity (Wildman–Crippen MR) is 93.6 cm³/mol. The fourth-order valence-electron chi connectivity index (χ4n) is 2.15. The lowest BCUT2D eigenvalue weighted by Gasteiger charge is -2.05. The van der Waals surface area contributed by atoms with Crippen molar-refractivity contribution in [2.45, 2.75) is 6.92 Å². The van der Waals surface area contributed by atoms with E-state index in [0.29, 0.717) is 21.3 Å². The molecule has 0 aliphatic heterocycles. The van der Waals surface area contributed by atoms with E-state index in [-0.39, 0.29) is 0 Å². The smallest absolute Gasteiger partial charge is 0.137 e. The van der Waals surface area contributed by atoms with E-state index >= 15 is 0 Å². The molecule has 2 aromatic heterocycles. The van der Waals surface area contributed by atoms with E-state index < -0.39 is 0 Å².